The number of hydrogen-bond acceptors (Lipinski definition) is 8. The Morgan fingerprint density at radius 1 is 1.39 bits per heavy atom. The molecule has 0 saturated carbocycles. The quantitative estimate of drug-likeness (QED) is 0.741. The van der Waals surface area contributed by atoms with E-state index in [0.29, 0.717) is 5.69 Å². The van der Waals surface area contributed by atoms with Crippen molar-refractivity contribution in [2.75, 3.05) is 18.9 Å². The summed E-state index contributed by atoms with van der Waals surface area (Å²) in [6.45, 7) is 8.06. The van der Waals surface area contributed by atoms with Gasteiger partial charge in [-0.25, -0.2) is 9.08 Å². The lowest BCUT2D eigenvalue weighted by atomic mass is 9.88. The normalized spacial score (nSPS) is 36.0. The lowest BCUT2D eigenvalue weighted by molar-refractivity contribution is -0.0630. The highest BCUT2D eigenvalue weighted by molar-refractivity contribution is 7.48. The summed E-state index contributed by atoms with van der Waals surface area (Å²) in [7, 11) is -3.72. The van der Waals surface area contributed by atoms with Gasteiger partial charge in [0.25, 0.3) is 0 Å². The van der Waals surface area contributed by atoms with Crippen LogP contribution in [0, 0.1) is 5.41 Å². The van der Waals surface area contributed by atoms with Crippen LogP contribution in [0.1, 0.15) is 39.5 Å². The molecule has 2 aliphatic heterocycles. The topological polar surface area (TPSA) is 123 Å². The van der Waals surface area contributed by atoms with E-state index < -0.39 is 31.7 Å². The molecule has 28 heavy (non-hydrogen) atoms. The number of phosphoric acid groups is 1. The Balaban J connectivity index is 1.61. The van der Waals surface area contributed by atoms with Gasteiger partial charge in [0, 0.05) is 6.20 Å². The van der Waals surface area contributed by atoms with E-state index in [1.807, 2.05) is 39.8 Å². The van der Waals surface area contributed by atoms with E-state index in [4.69, 9.17) is 29.8 Å². The van der Waals surface area contributed by atoms with Crippen molar-refractivity contribution in [3.05, 3.63) is 30.1 Å². The Morgan fingerprint density at radius 3 is 2.86 bits per heavy atom. The Morgan fingerprint density at radius 2 is 2.14 bits per heavy atom. The second-order valence-corrected chi connectivity index (χ2v) is 10.5. The number of phosphoric ester groups is 1. The van der Waals surface area contributed by atoms with E-state index in [1.165, 1.54) is 0 Å². The van der Waals surface area contributed by atoms with Crippen molar-refractivity contribution >= 4 is 19.0 Å². The summed E-state index contributed by atoms with van der Waals surface area (Å²) in [4.78, 5) is 0. The smallest absolute Gasteiger partial charge is 0.397 e. The van der Waals surface area contributed by atoms with Crippen LogP contribution in [0.2, 0.25) is 0 Å². The van der Waals surface area contributed by atoms with E-state index in [9.17, 15) is 4.57 Å². The van der Waals surface area contributed by atoms with Crippen LogP contribution in [0.5, 0.6) is 0 Å². The fourth-order valence-electron chi connectivity index (χ4n) is 3.57. The molecule has 0 amide bonds. The van der Waals surface area contributed by atoms with Gasteiger partial charge >= 0.3 is 7.82 Å². The van der Waals surface area contributed by atoms with E-state index in [-0.39, 0.29) is 18.6 Å². The van der Waals surface area contributed by atoms with Gasteiger partial charge in [-0.05, 0) is 30.5 Å². The van der Waals surface area contributed by atoms with Crippen LogP contribution in [0.4, 0.5) is 5.69 Å². The van der Waals surface area contributed by atoms with E-state index in [0.717, 1.165) is 11.2 Å². The maximum Gasteiger partial charge on any atom is 0.475 e. The number of aromatic nitrogens is 2. The third kappa shape index (κ3) is 3.36. The zero-order chi connectivity index (χ0) is 20.3. The fourth-order valence-corrected chi connectivity index (χ4v) is 5.28. The molecular formula is C18H27N4O5P. The SMILES string of the molecule is CC(C)(C)CO[P@@]1(=O)OC[C@H]2O[C@@H](c3ccc4c(N)ccnn34)[C@](C)(N)[C@@H]2O1. The molecule has 9 nitrogen and oxygen atoms in total. The molecule has 4 heterocycles. The Labute approximate surface area is 163 Å². The molecule has 2 fully saturated rings. The molecule has 2 saturated heterocycles. The monoisotopic (exact) mass is 410 g/mol. The number of hydrogen-bond donors (Lipinski definition) is 2. The minimum Gasteiger partial charge on any atom is -0.397 e. The Kier molecular flexibility index (Phi) is 4.61. The van der Waals surface area contributed by atoms with Crippen molar-refractivity contribution in [3.8, 4) is 0 Å². The molecule has 0 unspecified atom stereocenters. The van der Waals surface area contributed by atoms with Crippen LogP contribution in [-0.4, -0.2) is 40.6 Å². The average molecular weight is 410 g/mol. The van der Waals surface area contributed by atoms with Crippen molar-refractivity contribution in [2.45, 2.75) is 51.5 Å². The predicted octanol–water partition coefficient (Wildman–Crippen LogP) is 2.66. The number of rotatable bonds is 3. The van der Waals surface area contributed by atoms with E-state index in [2.05, 4.69) is 5.10 Å². The van der Waals surface area contributed by atoms with Crippen molar-refractivity contribution in [3.63, 3.8) is 0 Å². The molecule has 0 spiro atoms. The lowest BCUT2D eigenvalue weighted by Gasteiger charge is -2.36. The summed E-state index contributed by atoms with van der Waals surface area (Å²) in [5.41, 5.74) is 13.6. The van der Waals surface area contributed by atoms with Gasteiger partial charge in [-0.2, -0.15) is 5.10 Å². The van der Waals surface area contributed by atoms with Crippen LogP contribution >= 0.6 is 7.82 Å². The predicted molar refractivity (Wildman–Crippen MR) is 104 cm³/mol. The van der Waals surface area contributed by atoms with Crippen LogP contribution < -0.4 is 11.5 Å². The number of fused-ring (bicyclic) bond motifs is 2. The van der Waals surface area contributed by atoms with Crippen molar-refractivity contribution in [2.24, 2.45) is 11.1 Å². The maximum atomic E-state index is 12.9. The van der Waals surface area contributed by atoms with Crippen molar-refractivity contribution < 1.29 is 22.9 Å². The van der Waals surface area contributed by atoms with Gasteiger partial charge < -0.3 is 16.2 Å². The number of nitrogens with zero attached hydrogens (tertiary/aromatic N) is 2. The first kappa shape index (κ1) is 19.8. The summed E-state index contributed by atoms with van der Waals surface area (Å²) in [5, 5.41) is 4.36. The number of ether oxygens (including phenoxy) is 1. The zero-order valence-electron chi connectivity index (χ0n) is 16.5. The summed E-state index contributed by atoms with van der Waals surface area (Å²) < 4.78 is 37.5. The minimum absolute atomic E-state index is 0.0776. The molecule has 5 atom stereocenters. The highest BCUT2D eigenvalue weighted by Crippen LogP contribution is 2.59. The highest BCUT2D eigenvalue weighted by Gasteiger charge is 2.59. The van der Waals surface area contributed by atoms with E-state index in [1.54, 1.807) is 16.8 Å². The van der Waals surface area contributed by atoms with E-state index >= 15 is 0 Å². The molecule has 2 aliphatic rings. The van der Waals surface area contributed by atoms with Crippen LogP contribution in [0.3, 0.4) is 0 Å². The minimum atomic E-state index is -3.72. The molecule has 0 aliphatic carbocycles. The van der Waals surface area contributed by atoms with Crippen LogP contribution in [0.25, 0.3) is 5.52 Å². The summed E-state index contributed by atoms with van der Waals surface area (Å²) in [6, 6.07) is 5.48. The summed E-state index contributed by atoms with van der Waals surface area (Å²) in [6.07, 6.45) is -0.0387. The average Bonchev–Trinajstić information content (AvgIpc) is 3.13. The highest BCUT2D eigenvalue weighted by atomic mass is 31.2. The Bertz CT molecular complexity index is 938. The first-order valence-electron chi connectivity index (χ1n) is 9.24. The van der Waals surface area contributed by atoms with Gasteiger partial charge in [-0.3, -0.25) is 13.6 Å². The molecule has 4 rings (SSSR count). The molecule has 0 bridgehead atoms. The fraction of sp³-hybridized carbons (Fsp3) is 0.611. The molecule has 0 aromatic carbocycles. The molecule has 2 aromatic rings. The molecule has 154 valence electrons. The summed E-state index contributed by atoms with van der Waals surface area (Å²) in [5.74, 6) is 0. The zero-order valence-corrected chi connectivity index (χ0v) is 17.4. The van der Waals surface area contributed by atoms with Crippen LogP contribution in [-0.2, 0) is 22.9 Å². The summed E-state index contributed by atoms with van der Waals surface area (Å²) >= 11 is 0. The second kappa shape index (κ2) is 6.52. The molecule has 10 heteroatoms. The first-order chi connectivity index (χ1) is 13.0. The number of nitrogens with two attached hydrogens (primary N) is 2. The second-order valence-electron chi connectivity index (χ2n) is 8.87. The largest absolute Gasteiger partial charge is 0.475 e. The third-order valence-electron chi connectivity index (χ3n) is 5.01. The van der Waals surface area contributed by atoms with Crippen molar-refractivity contribution in [1.29, 1.82) is 0 Å². The Hall–Kier alpha value is -1.48. The van der Waals surface area contributed by atoms with Gasteiger partial charge in [0.05, 0.1) is 35.7 Å². The van der Waals surface area contributed by atoms with Gasteiger partial charge in [0.15, 0.2) is 0 Å². The molecule has 2 aromatic heterocycles. The standard InChI is InChI=1S/C18H27N4O5P/c1-17(2,3)10-25-28(23)24-9-14-16(27-28)18(4,20)15(26-14)13-6-5-12-11(19)7-8-21-22(12)13/h5-8,14-16H,9-10,19-20H2,1-4H3/t14-,15+,16-,18+,28-/m1/s1. The number of nitrogen functional groups attached to an aromatic ring is 1. The third-order valence-corrected chi connectivity index (χ3v) is 6.40. The first-order valence-corrected chi connectivity index (χ1v) is 10.7. The van der Waals surface area contributed by atoms with Gasteiger partial charge in [0.2, 0.25) is 0 Å². The molecular weight excluding hydrogens is 383 g/mol. The van der Waals surface area contributed by atoms with Gasteiger partial charge in [-0.1, -0.05) is 20.8 Å². The number of anilines is 1. The van der Waals surface area contributed by atoms with Crippen LogP contribution in [0.15, 0.2) is 24.4 Å². The van der Waals surface area contributed by atoms with Gasteiger partial charge in [-0.15, -0.1) is 0 Å². The molecule has 0 radical (unpaired) electrons. The lowest BCUT2D eigenvalue weighted by Crippen LogP contribution is -2.53. The maximum absolute atomic E-state index is 12.9. The van der Waals surface area contributed by atoms with Crippen molar-refractivity contribution in [1.82, 2.24) is 9.61 Å². The van der Waals surface area contributed by atoms with Gasteiger partial charge in [0.1, 0.15) is 18.3 Å². The molecule has 4 N–H and O–H groups in total.